The third kappa shape index (κ3) is 6.79. The van der Waals surface area contributed by atoms with Gasteiger partial charge in [-0.15, -0.1) is 0 Å². The molecule has 12 heavy (non-hydrogen) atoms. The van der Waals surface area contributed by atoms with Gasteiger partial charge in [0.15, 0.2) is 0 Å². The van der Waals surface area contributed by atoms with Gasteiger partial charge in [0, 0.05) is 6.04 Å². The van der Waals surface area contributed by atoms with Crippen molar-refractivity contribution in [3.05, 3.63) is 0 Å². The zero-order valence-corrected chi connectivity index (χ0v) is 8.95. The average molecular weight is 192 g/mol. The minimum absolute atomic E-state index is 0.186. The van der Waals surface area contributed by atoms with E-state index in [-0.39, 0.29) is 6.04 Å². The molecule has 0 aromatic heterocycles. The molecule has 1 atom stereocenters. The lowest BCUT2D eigenvalue weighted by Crippen LogP contribution is -2.34. The summed E-state index contributed by atoms with van der Waals surface area (Å²) in [5, 5.41) is 0. The minimum atomic E-state index is -3.77. The van der Waals surface area contributed by atoms with Gasteiger partial charge >= 0.3 is 8.80 Å². The van der Waals surface area contributed by atoms with Gasteiger partial charge in [0.05, 0.1) is 0 Å². The highest BCUT2D eigenvalue weighted by atomic mass is 28.4. The van der Waals surface area contributed by atoms with Gasteiger partial charge in [0.2, 0.25) is 0 Å². The topological polar surface area (TPSA) is 60.7 Å². The molecule has 0 saturated heterocycles. The van der Waals surface area contributed by atoms with Crippen molar-refractivity contribution in [3.8, 4) is 0 Å². The Morgan fingerprint density at radius 1 is 1.08 bits per heavy atom. The zero-order chi connectivity index (χ0) is 9.61. The van der Waals surface area contributed by atoms with Crippen molar-refractivity contribution in [3.63, 3.8) is 0 Å². The molecule has 4 heteroatoms. The molecule has 0 amide bonds. The van der Waals surface area contributed by atoms with Crippen molar-refractivity contribution in [1.29, 1.82) is 0 Å². The van der Waals surface area contributed by atoms with Crippen LogP contribution < -0.4 is 0 Å². The van der Waals surface area contributed by atoms with E-state index < -0.39 is 8.80 Å². The van der Waals surface area contributed by atoms with Gasteiger partial charge in [-0.05, 0) is 12.3 Å². The molecule has 0 radical (unpaired) electrons. The van der Waals surface area contributed by atoms with Crippen LogP contribution in [0.25, 0.3) is 0 Å². The largest absolute Gasteiger partial charge is 0.492 e. The average Bonchev–Trinajstić information content (AvgIpc) is 1.96. The fraction of sp³-hybridized carbons (Fsp3) is 1.00. The second-order valence-electron chi connectivity index (χ2n) is 3.38. The van der Waals surface area contributed by atoms with Gasteiger partial charge in [0.1, 0.15) is 0 Å². The fourth-order valence-electron chi connectivity index (χ4n) is 1.36. The van der Waals surface area contributed by atoms with Crippen LogP contribution in [0.4, 0.5) is 0 Å². The second kappa shape index (κ2) is 5.69. The molecular weight excluding hydrogens is 172 g/mol. The van der Waals surface area contributed by atoms with Crippen molar-refractivity contribution >= 4 is 8.80 Å². The normalized spacial score (nSPS) is 14.8. The van der Waals surface area contributed by atoms with Crippen molar-refractivity contribution in [2.24, 2.45) is 5.92 Å². The van der Waals surface area contributed by atoms with E-state index in [1.54, 1.807) is 0 Å². The minimum Gasteiger partial charge on any atom is -0.390 e. The van der Waals surface area contributed by atoms with Crippen LogP contribution in [-0.2, 0) is 0 Å². The molecule has 0 spiro atoms. The fourth-order valence-corrected chi connectivity index (χ4v) is 2.15. The Morgan fingerprint density at radius 3 is 2.00 bits per heavy atom. The molecule has 0 fully saturated rings. The smallest absolute Gasteiger partial charge is 0.390 e. The molecule has 0 aliphatic heterocycles. The van der Waals surface area contributed by atoms with Gasteiger partial charge in [-0.1, -0.05) is 33.1 Å². The quantitative estimate of drug-likeness (QED) is 0.553. The maximum atomic E-state index is 8.78. The maximum absolute atomic E-state index is 8.78. The van der Waals surface area contributed by atoms with Crippen LogP contribution in [-0.4, -0.2) is 23.2 Å². The second-order valence-corrected chi connectivity index (χ2v) is 5.42. The summed E-state index contributed by atoms with van der Waals surface area (Å²) < 4.78 is 0. The van der Waals surface area contributed by atoms with E-state index >= 15 is 0 Å². The Kier molecular flexibility index (Phi) is 5.74. The molecule has 0 aliphatic rings. The van der Waals surface area contributed by atoms with Gasteiger partial charge in [-0.3, -0.25) is 0 Å². The van der Waals surface area contributed by atoms with E-state index in [1.165, 1.54) is 0 Å². The number of hydrogen-bond acceptors (Lipinski definition) is 3. The highest BCUT2D eigenvalue weighted by molar-refractivity contribution is 6.56. The van der Waals surface area contributed by atoms with E-state index in [4.69, 9.17) is 14.4 Å². The Labute approximate surface area is 75.4 Å². The third-order valence-electron chi connectivity index (χ3n) is 2.16. The van der Waals surface area contributed by atoms with Crippen molar-refractivity contribution in [2.45, 2.75) is 45.6 Å². The molecule has 0 rings (SSSR count). The van der Waals surface area contributed by atoms with E-state index in [1.807, 2.05) is 0 Å². The summed E-state index contributed by atoms with van der Waals surface area (Å²) in [5.41, 5.74) is 0. The van der Waals surface area contributed by atoms with Crippen LogP contribution in [0.1, 0.15) is 39.5 Å². The summed E-state index contributed by atoms with van der Waals surface area (Å²) in [5.74, 6) is 0.535. The third-order valence-corrected chi connectivity index (χ3v) is 3.12. The summed E-state index contributed by atoms with van der Waals surface area (Å²) in [6.45, 7) is 4.21. The van der Waals surface area contributed by atoms with E-state index in [0.717, 1.165) is 25.7 Å². The molecule has 3 N–H and O–H groups in total. The molecule has 74 valence electrons. The Bertz CT molecular complexity index is 111. The molecule has 0 saturated carbocycles. The first-order valence-corrected chi connectivity index (χ1v) is 6.71. The number of rotatable bonds is 6. The van der Waals surface area contributed by atoms with Crippen LogP contribution >= 0.6 is 0 Å². The molecule has 0 aromatic rings. The molecule has 0 bridgehead atoms. The molecule has 0 aromatic carbocycles. The molecule has 0 heterocycles. The highest BCUT2D eigenvalue weighted by Gasteiger charge is 2.27. The lowest BCUT2D eigenvalue weighted by atomic mass is 9.98. The predicted octanol–water partition coefficient (Wildman–Crippen LogP) is 1.12. The summed E-state index contributed by atoms with van der Waals surface area (Å²) in [4.78, 5) is 26.3. The van der Waals surface area contributed by atoms with Gasteiger partial charge in [-0.25, -0.2) is 0 Å². The van der Waals surface area contributed by atoms with Gasteiger partial charge < -0.3 is 14.4 Å². The van der Waals surface area contributed by atoms with E-state index in [0.29, 0.717) is 5.92 Å². The number of hydrogen-bond donors (Lipinski definition) is 3. The van der Waals surface area contributed by atoms with Crippen molar-refractivity contribution in [1.82, 2.24) is 0 Å². The highest BCUT2D eigenvalue weighted by Crippen LogP contribution is 2.19. The SMILES string of the molecule is CCCC(CC)CC[Si](O)(O)O. The van der Waals surface area contributed by atoms with Crippen LogP contribution in [0.3, 0.4) is 0 Å². The Balaban J connectivity index is 3.58. The first kappa shape index (κ1) is 12.1. The first-order chi connectivity index (χ1) is 5.49. The van der Waals surface area contributed by atoms with E-state index in [9.17, 15) is 0 Å². The summed E-state index contributed by atoms with van der Waals surface area (Å²) in [6, 6.07) is 0.186. The predicted molar refractivity (Wildman–Crippen MR) is 50.5 cm³/mol. The maximum Gasteiger partial charge on any atom is 0.492 e. The summed E-state index contributed by atoms with van der Waals surface area (Å²) >= 11 is 0. The first-order valence-electron chi connectivity index (χ1n) is 4.66. The molecule has 1 unspecified atom stereocenters. The van der Waals surface area contributed by atoms with Crippen molar-refractivity contribution in [2.75, 3.05) is 0 Å². The monoisotopic (exact) mass is 192 g/mol. The standard InChI is InChI=1S/C8H20O3Si/c1-3-5-8(4-2)6-7-12(9,10)11/h8-11H,3-7H2,1-2H3. The zero-order valence-electron chi connectivity index (χ0n) is 7.95. The Hall–Kier alpha value is 0.0969. The molecule has 0 aliphatic carbocycles. The molecule has 3 nitrogen and oxygen atoms in total. The van der Waals surface area contributed by atoms with Gasteiger partial charge in [0.25, 0.3) is 0 Å². The lowest BCUT2D eigenvalue weighted by Gasteiger charge is -2.15. The summed E-state index contributed by atoms with van der Waals surface area (Å²) in [7, 11) is -3.77. The van der Waals surface area contributed by atoms with Crippen LogP contribution in [0.2, 0.25) is 6.04 Å². The molecular formula is C8H20O3Si. The van der Waals surface area contributed by atoms with Crippen LogP contribution in [0, 0.1) is 5.92 Å². The van der Waals surface area contributed by atoms with Crippen LogP contribution in [0.5, 0.6) is 0 Å². The van der Waals surface area contributed by atoms with Crippen molar-refractivity contribution < 1.29 is 14.4 Å². The summed E-state index contributed by atoms with van der Waals surface area (Å²) in [6.07, 6.45) is 4.02. The van der Waals surface area contributed by atoms with Crippen LogP contribution in [0.15, 0.2) is 0 Å². The van der Waals surface area contributed by atoms with Gasteiger partial charge in [-0.2, -0.15) is 0 Å². The van der Waals surface area contributed by atoms with E-state index in [2.05, 4.69) is 13.8 Å². The lowest BCUT2D eigenvalue weighted by molar-refractivity contribution is 0.221. The Morgan fingerprint density at radius 2 is 1.67 bits per heavy atom.